The van der Waals surface area contributed by atoms with Gasteiger partial charge in [0.1, 0.15) is 11.4 Å². The molecule has 0 saturated carbocycles. The molecule has 18 heavy (non-hydrogen) atoms. The first-order valence-corrected chi connectivity index (χ1v) is 7.60. The summed E-state index contributed by atoms with van der Waals surface area (Å²) in [5.74, 6) is 1.08. The van der Waals surface area contributed by atoms with Gasteiger partial charge in [-0.25, -0.2) is 0 Å². The summed E-state index contributed by atoms with van der Waals surface area (Å²) in [6, 6.07) is 4.53. The first-order valence-electron chi connectivity index (χ1n) is 6.52. The Labute approximate surface area is 122 Å². The van der Waals surface area contributed by atoms with E-state index in [2.05, 4.69) is 58.8 Å². The highest BCUT2D eigenvalue weighted by atomic mass is 127. The number of nitrogens with zero attached hydrogens (tertiary/aromatic N) is 1. The second kappa shape index (κ2) is 4.56. The Morgan fingerprint density at radius 1 is 1.28 bits per heavy atom. The summed E-state index contributed by atoms with van der Waals surface area (Å²) < 4.78 is 7.38. The minimum atomic E-state index is -0.0481. The first kappa shape index (κ1) is 12.5. The average Bonchev–Trinajstić information content (AvgIpc) is 2.62. The zero-order chi connectivity index (χ0) is 12.8. The summed E-state index contributed by atoms with van der Waals surface area (Å²) >= 11 is 2.45. The molecular formula is C14H19IN2O. The van der Waals surface area contributed by atoms with Crippen LogP contribution in [-0.2, 0) is 6.42 Å². The lowest BCUT2D eigenvalue weighted by molar-refractivity contribution is 0.138. The van der Waals surface area contributed by atoms with Gasteiger partial charge in [-0.3, -0.25) is 0 Å². The van der Waals surface area contributed by atoms with E-state index in [1.807, 2.05) is 0 Å². The summed E-state index contributed by atoms with van der Waals surface area (Å²) in [5, 5.41) is 3.39. The quantitative estimate of drug-likeness (QED) is 0.781. The average molecular weight is 358 g/mol. The van der Waals surface area contributed by atoms with E-state index < -0.39 is 0 Å². The molecule has 1 fully saturated rings. The summed E-state index contributed by atoms with van der Waals surface area (Å²) in [4.78, 5) is 2.45. The standard InChI is InChI=1S/C14H19IN2O/c1-14(2)9-10-7-11(15)12(8-13(10)18-14)17-5-3-16-4-6-17/h7-8,16H,3-6,9H2,1-2H3. The van der Waals surface area contributed by atoms with Crippen molar-refractivity contribution in [3.63, 3.8) is 0 Å². The molecule has 0 bridgehead atoms. The third kappa shape index (κ3) is 2.32. The van der Waals surface area contributed by atoms with Crippen molar-refractivity contribution < 1.29 is 4.74 Å². The molecule has 0 aromatic heterocycles. The SMILES string of the molecule is CC1(C)Cc2cc(I)c(N3CCNCC3)cc2O1. The topological polar surface area (TPSA) is 24.5 Å². The van der Waals surface area contributed by atoms with Crippen LogP contribution in [0, 0.1) is 3.57 Å². The molecular weight excluding hydrogens is 339 g/mol. The lowest BCUT2D eigenvalue weighted by atomic mass is 10.0. The number of hydrogen-bond donors (Lipinski definition) is 1. The van der Waals surface area contributed by atoms with Crippen LogP contribution >= 0.6 is 22.6 Å². The van der Waals surface area contributed by atoms with Gasteiger partial charge in [0.25, 0.3) is 0 Å². The second-order valence-electron chi connectivity index (χ2n) is 5.69. The first-order chi connectivity index (χ1) is 8.55. The molecule has 4 heteroatoms. The minimum Gasteiger partial charge on any atom is -0.487 e. The van der Waals surface area contributed by atoms with Crippen LogP contribution in [0.5, 0.6) is 5.75 Å². The normalized spacial score (nSPS) is 21.6. The van der Waals surface area contributed by atoms with E-state index in [1.165, 1.54) is 14.8 Å². The van der Waals surface area contributed by atoms with Gasteiger partial charge in [-0.2, -0.15) is 0 Å². The van der Waals surface area contributed by atoms with Crippen LogP contribution < -0.4 is 15.0 Å². The lowest BCUT2D eigenvalue weighted by Gasteiger charge is -2.30. The van der Waals surface area contributed by atoms with Crippen LogP contribution in [-0.4, -0.2) is 31.8 Å². The van der Waals surface area contributed by atoms with Crippen molar-refractivity contribution in [2.75, 3.05) is 31.1 Å². The van der Waals surface area contributed by atoms with Crippen molar-refractivity contribution >= 4 is 28.3 Å². The molecule has 1 aromatic carbocycles. The van der Waals surface area contributed by atoms with Gasteiger partial charge in [-0.1, -0.05) is 0 Å². The van der Waals surface area contributed by atoms with E-state index >= 15 is 0 Å². The third-order valence-corrected chi connectivity index (χ3v) is 4.45. The molecule has 0 radical (unpaired) electrons. The third-order valence-electron chi connectivity index (χ3n) is 3.59. The van der Waals surface area contributed by atoms with Crippen LogP contribution in [0.1, 0.15) is 19.4 Å². The lowest BCUT2D eigenvalue weighted by Crippen LogP contribution is -2.43. The number of piperazine rings is 1. The van der Waals surface area contributed by atoms with Crippen molar-refractivity contribution in [1.29, 1.82) is 0 Å². The molecule has 1 aromatic rings. The molecule has 0 amide bonds. The fraction of sp³-hybridized carbons (Fsp3) is 0.571. The van der Waals surface area contributed by atoms with Gasteiger partial charge in [-0.15, -0.1) is 0 Å². The predicted octanol–water partition coefficient (Wildman–Crippen LogP) is 2.41. The van der Waals surface area contributed by atoms with Crippen molar-refractivity contribution in [2.24, 2.45) is 0 Å². The van der Waals surface area contributed by atoms with E-state index in [9.17, 15) is 0 Å². The molecule has 0 unspecified atom stereocenters. The Morgan fingerprint density at radius 3 is 2.72 bits per heavy atom. The zero-order valence-corrected chi connectivity index (χ0v) is 13.1. The van der Waals surface area contributed by atoms with Gasteiger partial charge in [0.05, 0.1) is 5.69 Å². The number of anilines is 1. The number of ether oxygens (including phenoxy) is 1. The number of halogens is 1. The largest absolute Gasteiger partial charge is 0.487 e. The minimum absolute atomic E-state index is 0.0481. The molecule has 2 aliphatic rings. The fourth-order valence-corrected chi connectivity index (χ4v) is 3.63. The number of fused-ring (bicyclic) bond motifs is 1. The fourth-order valence-electron chi connectivity index (χ4n) is 2.76. The number of nitrogens with one attached hydrogen (secondary N) is 1. The highest BCUT2D eigenvalue weighted by Crippen LogP contribution is 2.39. The van der Waals surface area contributed by atoms with Crippen molar-refractivity contribution in [1.82, 2.24) is 5.32 Å². The summed E-state index contributed by atoms with van der Waals surface area (Å²) in [6.07, 6.45) is 1.01. The highest BCUT2D eigenvalue weighted by Gasteiger charge is 2.31. The van der Waals surface area contributed by atoms with Gasteiger partial charge in [-0.05, 0) is 48.1 Å². The Kier molecular flexibility index (Phi) is 3.18. The van der Waals surface area contributed by atoms with Gasteiger partial charge >= 0.3 is 0 Å². The molecule has 1 saturated heterocycles. The summed E-state index contributed by atoms with van der Waals surface area (Å²) in [7, 11) is 0. The van der Waals surface area contributed by atoms with Crippen LogP contribution in [0.25, 0.3) is 0 Å². The molecule has 2 heterocycles. The smallest absolute Gasteiger partial charge is 0.125 e. The van der Waals surface area contributed by atoms with Crippen LogP contribution in [0.15, 0.2) is 12.1 Å². The molecule has 0 spiro atoms. The van der Waals surface area contributed by atoms with Crippen LogP contribution in [0.4, 0.5) is 5.69 Å². The Morgan fingerprint density at radius 2 is 2.00 bits per heavy atom. The van der Waals surface area contributed by atoms with E-state index in [-0.39, 0.29) is 5.60 Å². The predicted molar refractivity (Wildman–Crippen MR) is 82.7 cm³/mol. The Bertz CT molecular complexity index is 467. The van der Waals surface area contributed by atoms with Crippen LogP contribution in [0.3, 0.4) is 0 Å². The summed E-state index contributed by atoms with van der Waals surface area (Å²) in [5.41, 5.74) is 2.63. The monoisotopic (exact) mass is 358 g/mol. The maximum atomic E-state index is 6.04. The highest BCUT2D eigenvalue weighted by molar-refractivity contribution is 14.1. The number of rotatable bonds is 1. The maximum Gasteiger partial charge on any atom is 0.125 e. The van der Waals surface area contributed by atoms with Gasteiger partial charge in [0.15, 0.2) is 0 Å². The number of hydrogen-bond acceptors (Lipinski definition) is 3. The van der Waals surface area contributed by atoms with Crippen molar-refractivity contribution in [3.8, 4) is 5.75 Å². The van der Waals surface area contributed by atoms with E-state index in [4.69, 9.17) is 4.74 Å². The zero-order valence-electron chi connectivity index (χ0n) is 10.9. The van der Waals surface area contributed by atoms with Gasteiger partial charge in [0, 0.05) is 42.2 Å². The molecule has 3 nitrogen and oxygen atoms in total. The van der Waals surface area contributed by atoms with Gasteiger partial charge < -0.3 is 15.0 Å². The van der Waals surface area contributed by atoms with Crippen LogP contribution in [0.2, 0.25) is 0 Å². The molecule has 3 rings (SSSR count). The number of benzene rings is 1. The maximum absolute atomic E-state index is 6.04. The molecule has 98 valence electrons. The summed E-state index contributed by atoms with van der Waals surface area (Å²) in [6.45, 7) is 8.62. The van der Waals surface area contributed by atoms with Gasteiger partial charge in [0.2, 0.25) is 0 Å². The van der Waals surface area contributed by atoms with E-state index in [0.717, 1.165) is 38.3 Å². The molecule has 2 aliphatic heterocycles. The van der Waals surface area contributed by atoms with E-state index in [1.54, 1.807) is 0 Å². The van der Waals surface area contributed by atoms with Crippen molar-refractivity contribution in [2.45, 2.75) is 25.9 Å². The second-order valence-corrected chi connectivity index (χ2v) is 6.85. The molecule has 1 N–H and O–H groups in total. The molecule has 0 aliphatic carbocycles. The Hall–Kier alpha value is -0.490. The Balaban J connectivity index is 1.93. The molecule has 0 atom stereocenters. The van der Waals surface area contributed by atoms with Crippen molar-refractivity contribution in [3.05, 3.63) is 21.3 Å². The van der Waals surface area contributed by atoms with E-state index in [0.29, 0.717) is 0 Å².